The minimum absolute atomic E-state index is 0.416. The molecule has 1 aromatic carbocycles. The van der Waals surface area contributed by atoms with Crippen molar-refractivity contribution >= 4 is 33.0 Å². The third-order valence-electron chi connectivity index (χ3n) is 1.88. The molecule has 0 aliphatic heterocycles. The van der Waals surface area contributed by atoms with Gasteiger partial charge in [-0.3, -0.25) is 4.79 Å². The zero-order chi connectivity index (χ0) is 12.9. The van der Waals surface area contributed by atoms with Crippen LogP contribution >= 0.6 is 11.6 Å². The van der Waals surface area contributed by atoms with Crippen molar-refractivity contribution in [2.45, 2.75) is 0 Å². The van der Waals surface area contributed by atoms with E-state index < -0.39 is 33.9 Å². The van der Waals surface area contributed by atoms with Gasteiger partial charge >= 0.3 is 0 Å². The summed E-state index contributed by atoms with van der Waals surface area (Å²) in [5, 5.41) is 11.5. The van der Waals surface area contributed by atoms with Crippen molar-refractivity contribution in [3.63, 3.8) is 0 Å². The lowest BCUT2D eigenvalue weighted by Gasteiger charge is -2.05. The van der Waals surface area contributed by atoms with Crippen LogP contribution in [0.2, 0.25) is 5.02 Å². The predicted octanol–water partition coefficient (Wildman–Crippen LogP) is 0.686. The van der Waals surface area contributed by atoms with Crippen LogP contribution in [-0.4, -0.2) is 37.5 Å². The van der Waals surface area contributed by atoms with Gasteiger partial charge in [0.25, 0.3) is 0 Å². The van der Waals surface area contributed by atoms with E-state index in [1.54, 1.807) is 24.3 Å². The topological polar surface area (TPSA) is 83.5 Å². The molecule has 0 saturated heterocycles. The second kappa shape index (κ2) is 6.00. The summed E-state index contributed by atoms with van der Waals surface area (Å²) < 4.78 is 22.5. The summed E-state index contributed by atoms with van der Waals surface area (Å²) in [6.07, 6.45) is 0. The maximum Gasteiger partial charge on any atom is 0.239 e. The zero-order valence-corrected chi connectivity index (χ0v) is 10.5. The Morgan fingerprint density at radius 3 is 2.41 bits per heavy atom. The van der Waals surface area contributed by atoms with Gasteiger partial charge in [-0.05, 0) is 24.3 Å². The van der Waals surface area contributed by atoms with Crippen LogP contribution in [0.25, 0.3) is 0 Å². The molecular formula is C10H12ClNO4S. The summed E-state index contributed by atoms with van der Waals surface area (Å²) in [7, 11) is -3.55. The van der Waals surface area contributed by atoms with Gasteiger partial charge in [-0.1, -0.05) is 11.6 Å². The Balaban J connectivity index is 2.59. The molecule has 1 amide bonds. The Labute approximate surface area is 104 Å². The Hall–Kier alpha value is -1.11. The van der Waals surface area contributed by atoms with Gasteiger partial charge < -0.3 is 10.4 Å². The summed E-state index contributed by atoms with van der Waals surface area (Å²) in [6, 6.07) is 6.30. The highest BCUT2D eigenvalue weighted by Crippen LogP contribution is 2.13. The largest absolute Gasteiger partial charge is 0.395 e. The molecular weight excluding hydrogens is 266 g/mol. The fourth-order valence-electron chi connectivity index (χ4n) is 1.14. The normalized spacial score (nSPS) is 11.2. The Bertz CT molecular complexity index is 484. The van der Waals surface area contributed by atoms with Gasteiger partial charge in [-0.15, -0.1) is 0 Å². The van der Waals surface area contributed by atoms with E-state index >= 15 is 0 Å². The van der Waals surface area contributed by atoms with E-state index in [0.29, 0.717) is 10.7 Å². The molecule has 0 unspecified atom stereocenters. The van der Waals surface area contributed by atoms with Crippen LogP contribution in [0.1, 0.15) is 0 Å². The first kappa shape index (κ1) is 14.0. The van der Waals surface area contributed by atoms with Crippen molar-refractivity contribution in [2.24, 2.45) is 0 Å². The number of rotatable bonds is 5. The van der Waals surface area contributed by atoms with E-state index in [1.807, 2.05) is 0 Å². The van der Waals surface area contributed by atoms with Crippen LogP contribution in [0.5, 0.6) is 0 Å². The molecule has 0 aliphatic rings. The lowest BCUT2D eigenvalue weighted by Crippen LogP contribution is -2.25. The molecule has 0 bridgehead atoms. The quantitative estimate of drug-likeness (QED) is 0.829. The number of nitrogens with one attached hydrogen (secondary N) is 1. The van der Waals surface area contributed by atoms with Crippen molar-refractivity contribution in [1.29, 1.82) is 0 Å². The van der Waals surface area contributed by atoms with Gasteiger partial charge in [0.15, 0.2) is 9.84 Å². The highest BCUT2D eigenvalue weighted by molar-refractivity contribution is 7.92. The number of sulfone groups is 1. The molecule has 0 atom stereocenters. The number of amides is 1. The average molecular weight is 278 g/mol. The zero-order valence-electron chi connectivity index (χ0n) is 8.89. The number of hydrogen-bond donors (Lipinski definition) is 2. The van der Waals surface area contributed by atoms with Crippen LogP contribution in [0.15, 0.2) is 24.3 Å². The van der Waals surface area contributed by atoms with Crippen LogP contribution in [-0.2, 0) is 14.6 Å². The highest BCUT2D eigenvalue weighted by Gasteiger charge is 2.15. The van der Waals surface area contributed by atoms with E-state index in [1.165, 1.54) is 0 Å². The van der Waals surface area contributed by atoms with E-state index in [9.17, 15) is 13.2 Å². The van der Waals surface area contributed by atoms with E-state index in [4.69, 9.17) is 16.7 Å². The van der Waals surface area contributed by atoms with Crippen molar-refractivity contribution < 1.29 is 18.3 Å². The molecule has 0 aliphatic carbocycles. The van der Waals surface area contributed by atoms with Crippen molar-refractivity contribution in [3.8, 4) is 0 Å². The van der Waals surface area contributed by atoms with Gasteiger partial charge in [0.1, 0.15) is 5.75 Å². The van der Waals surface area contributed by atoms with Crippen LogP contribution in [0.4, 0.5) is 5.69 Å². The van der Waals surface area contributed by atoms with Crippen molar-refractivity contribution in [1.82, 2.24) is 0 Å². The Morgan fingerprint density at radius 2 is 1.88 bits per heavy atom. The average Bonchev–Trinajstić information content (AvgIpc) is 2.20. The predicted molar refractivity (Wildman–Crippen MR) is 65.8 cm³/mol. The summed E-state index contributed by atoms with van der Waals surface area (Å²) in [5.74, 6) is -1.70. The number of aliphatic hydroxyl groups is 1. The molecule has 0 saturated carbocycles. The minimum atomic E-state index is -3.55. The summed E-state index contributed by atoms with van der Waals surface area (Å²) in [6.45, 7) is -0.490. The number of benzene rings is 1. The van der Waals surface area contributed by atoms with Crippen molar-refractivity contribution in [2.75, 3.05) is 23.4 Å². The maximum absolute atomic E-state index is 11.4. The molecule has 0 aromatic heterocycles. The second-order valence-electron chi connectivity index (χ2n) is 3.37. The smallest absolute Gasteiger partial charge is 0.239 e. The molecule has 0 radical (unpaired) electrons. The maximum atomic E-state index is 11.4. The van der Waals surface area contributed by atoms with Crippen LogP contribution < -0.4 is 5.32 Å². The molecule has 0 heterocycles. The minimum Gasteiger partial charge on any atom is -0.395 e. The Kier molecular flexibility index (Phi) is 4.92. The van der Waals surface area contributed by atoms with Gasteiger partial charge in [-0.2, -0.15) is 0 Å². The van der Waals surface area contributed by atoms with Gasteiger partial charge in [0.2, 0.25) is 5.91 Å². The third kappa shape index (κ3) is 5.16. The van der Waals surface area contributed by atoms with Gasteiger partial charge in [-0.25, -0.2) is 8.42 Å². The van der Waals surface area contributed by atoms with Crippen molar-refractivity contribution in [3.05, 3.63) is 29.3 Å². The molecule has 0 fully saturated rings. The monoisotopic (exact) mass is 277 g/mol. The molecule has 94 valence electrons. The summed E-state index contributed by atoms with van der Waals surface area (Å²) in [4.78, 5) is 11.4. The van der Waals surface area contributed by atoms with E-state index in [0.717, 1.165) is 0 Å². The number of carbonyl (C=O) groups excluding carboxylic acids is 1. The third-order valence-corrected chi connectivity index (χ3v) is 3.64. The first-order chi connectivity index (χ1) is 7.93. The fourth-order valence-corrected chi connectivity index (χ4v) is 2.16. The molecule has 0 spiro atoms. The first-order valence-electron chi connectivity index (χ1n) is 4.79. The second-order valence-corrected chi connectivity index (χ2v) is 5.99. The number of anilines is 1. The number of halogens is 1. The first-order valence-corrected chi connectivity index (χ1v) is 6.99. The Morgan fingerprint density at radius 1 is 1.29 bits per heavy atom. The van der Waals surface area contributed by atoms with E-state index in [-0.39, 0.29) is 0 Å². The lowest BCUT2D eigenvalue weighted by molar-refractivity contribution is -0.113. The summed E-state index contributed by atoms with van der Waals surface area (Å²) >= 11 is 5.66. The SMILES string of the molecule is O=C(CS(=O)(=O)CCO)Nc1ccc(Cl)cc1. The molecule has 17 heavy (non-hydrogen) atoms. The molecule has 7 heteroatoms. The molecule has 5 nitrogen and oxygen atoms in total. The number of aliphatic hydroxyl groups excluding tert-OH is 1. The van der Waals surface area contributed by atoms with Crippen LogP contribution in [0.3, 0.4) is 0 Å². The molecule has 1 aromatic rings. The van der Waals surface area contributed by atoms with Gasteiger partial charge in [0, 0.05) is 10.7 Å². The standard InChI is InChI=1S/C10H12ClNO4S/c11-8-1-3-9(4-2-8)12-10(14)7-17(15,16)6-5-13/h1-4,13H,5-7H2,(H,12,14). The number of hydrogen-bond acceptors (Lipinski definition) is 4. The fraction of sp³-hybridized carbons (Fsp3) is 0.300. The van der Waals surface area contributed by atoms with Crippen LogP contribution in [0, 0.1) is 0 Å². The lowest BCUT2D eigenvalue weighted by atomic mass is 10.3. The van der Waals surface area contributed by atoms with E-state index in [2.05, 4.69) is 5.32 Å². The summed E-state index contributed by atoms with van der Waals surface area (Å²) in [5.41, 5.74) is 0.471. The highest BCUT2D eigenvalue weighted by atomic mass is 35.5. The van der Waals surface area contributed by atoms with Gasteiger partial charge in [0.05, 0.1) is 12.4 Å². The molecule has 2 N–H and O–H groups in total. The molecule has 1 rings (SSSR count). The number of carbonyl (C=O) groups is 1.